The molecule has 4 heteroatoms. The molecule has 0 radical (unpaired) electrons. The molecule has 3 aromatic rings. The summed E-state index contributed by atoms with van der Waals surface area (Å²) in [6.45, 7) is 3.77. The standard InChI is InChI=1S/C20H20N2O2/c1-14-19(15(2)24-22-14)12-13-20(23)21-18-10-8-17(9-11-18)16-6-4-3-5-7-16/h3-11H,12-13H2,1-2H3,(H,21,23). The van der Waals surface area contributed by atoms with Crippen molar-refractivity contribution >= 4 is 11.6 Å². The van der Waals surface area contributed by atoms with Gasteiger partial charge in [0.2, 0.25) is 5.91 Å². The van der Waals surface area contributed by atoms with Crippen molar-refractivity contribution in [1.29, 1.82) is 0 Å². The number of nitrogens with zero attached hydrogens (tertiary/aromatic N) is 1. The summed E-state index contributed by atoms with van der Waals surface area (Å²) in [7, 11) is 0. The maximum Gasteiger partial charge on any atom is 0.224 e. The number of carbonyl (C=O) groups excluding carboxylic acids is 1. The quantitative estimate of drug-likeness (QED) is 0.751. The molecule has 1 aromatic heterocycles. The van der Waals surface area contributed by atoms with Gasteiger partial charge in [0.1, 0.15) is 5.76 Å². The lowest BCUT2D eigenvalue weighted by molar-refractivity contribution is -0.116. The van der Waals surface area contributed by atoms with E-state index in [2.05, 4.69) is 22.6 Å². The molecule has 2 aromatic carbocycles. The molecule has 3 rings (SSSR count). The number of benzene rings is 2. The smallest absolute Gasteiger partial charge is 0.224 e. The molecular formula is C20H20N2O2. The SMILES string of the molecule is Cc1noc(C)c1CCC(=O)Nc1ccc(-c2ccccc2)cc1. The van der Waals surface area contributed by atoms with Gasteiger partial charge in [0.05, 0.1) is 5.69 Å². The minimum absolute atomic E-state index is 0.0116. The second-order valence-corrected chi connectivity index (χ2v) is 5.79. The Balaban J connectivity index is 1.59. The molecule has 0 saturated heterocycles. The molecule has 0 saturated carbocycles. The highest BCUT2D eigenvalue weighted by molar-refractivity contribution is 5.91. The van der Waals surface area contributed by atoms with E-state index in [0.717, 1.165) is 33.8 Å². The highest BCUT2D eigenvalue weighted by Crippen LogP contribution is 2.21. The van der Waals surface area contributed by atoms with E-state index >= 15 is 0 Å². The second-order valence-electron chi connectivity index (χ2n) is 5.79. The number of amides is 1. The van der Waals surface area contributed by atoms with Gasteiger partial charge >= 0.3 is 0 Å². The predicted octanol–water partition coefficient (Wildman–Crippen LogP) is 4.53. The zero-order chi connectivity index (χ0) is 16.9. The van der Waals surface area contributed by atoms with Gasteiger partial charge in [-0.25, -0.2) is 0 Å². The molecule has 122 valence electrons. The largest absolute Gasteiger partial charge is 0.361 e. The Kier molecular flexibility index (Phi) is 4.75. The fourth-order valence-corrected chi connectivity index (χ4v) is 2.70. The molecule has 1 N–H and O–H groups in total. The summed E-state index contributed by atoms with van der Waals surface area (Å²) in [5, 5.41) is 6.84. The topological polar surface area (TPSA) is 55.1 Å². The number of rotatable bonds is 5. The molecule has 1 heterocycles. The first-order valence-electron chi connectivity index (χ1n) is 8.00. The van der Waals surface area contributed by atoms with Crippen molar-refractivity contribution in [3.63, 3.8) is 0 Å². The average Bonchev–Trinajstić information content (AvgIpc) is 2.93. The third-order valence-electron chi connectivity index (χ3n) is 4.06. The fourth-order valence-electron chi connectivity index (χ4n) is 2.70. The van der Waals surface area contributed by atoms with Crippen LogP contribution in [0, 0.1) is 13.8 Å². The van der Waals surface area contributed by atoms with Gasteiger partial charge in [-0.1, -0.05) is 47.6 Å². The summed E-state index contributed by atoms with van der Waals surface area (Å²) < 4.78 is 5.12. The molecule has 1 amide bonds. The number of aromatic nitrogens is 1. The van der Waals surface area contributed by atoms with Crippen LogP contribution in [0.2, 0.25) is 0 Å². The third kappa shape index (κ3) is 3.71. The minimum atomic E-state index is -0.0116. The van der Waals surface area contributed by atoms with Gasteiger partial charge in [0.25, 0.3) is 0 Å². The van der Waals surface area contributed by atoms with Crippen LogP contribution in [0.4, 0.5) is 5.69 Å². The molecule has 4 nitrogen and oxygen atoms in total. The number of nitrogens with one attached hydrogen (secondary N) is 1. The summed E-state index contributed by atoms with van der Waals surface area (Å²) in [6.07, 6.45) is 1.04. The van der Waals surface area contributed by atoms with Crippen LogP contribution < -0.4 is 5.32 Å². The molecule has 0 aliphatic heterocycles. The van der Waals surface area contributed by atoms with Crippen LogP contribution in [-0.4, -0.2) is 11.1 Å². The summed E-state index contributed by atoms with van der Waals surface area (Å²) in [6, 6.07) is 18.0. The number of anilines is 1. The molecule has 0 aliphatic carbocycles. The Hall–Kier alpha value is -2.88. The first kappa shape index (κ1) is 16.0. The number of aryl methyl sites for hydroxylation is 2. The summed E-state index contributed by atoms with van der Waals surface area (Å²) in [5.41, 5.74) is 4.97. The Morgan fingerprint density at radius 2 is 1.67 bits per heavy atom. The zero-order valence-electron chi connectivity index (χ0n) is 13.9. The molecule has 24 heavy (non-hydrogen) atoms. The Labute approximate surface area is 141 Å². The Bertz CT molecular complexity index is 801. The minimum Gasteiger partial charge on any atom is -0.361 e. The van der Waals surface area contributed by atoms with Gasteiger partial charge in [-0.15, -0.1) is 0 Å². The van der Waals surface area contributed by atoms with E-state index in [0.29, 0.717) is 12.8 Å². The van der Waals surface area contributed by atoms with Gasteiger partial charge in [0.15, 0.2) is 0 Å². The number of hydrogen-bond acceptors (Lipinski definition) is 3. The summed E-state index contributed by atoms with van der Waals surface area (Å²) in [4.78, 5) is 12.1. The van der Waals surface area contributed by atoms with Crippen molar-refractivity contribution in [2.45, 2.75) is 26.7 Å². The van der Waals surface area contributed by atoms with Gasteiger partial charge in [-0.3, -0.25) is 4.79 Å². The highest BCUT2D eigenvalue weighted by atomic mass is 16.5. The maximum absolute atomic E-state index is 12.1. The lowest BCUT2D eigenvalue weighted by Gasteiger charge is -2.07. The molecule has 0 fully saturated rings. The van der Waals surface area contributed by atoms with Crippen LogP contribution >= 0.6 is 0 Å². The van der Waals surface area contributed by atoms with Gasteiger partial charge in [-0.2, -0.15) is 0 Å². The van der Waals surface area contributed by atoms with E-state index in [9.17, 15) is 4.79 Å². The van der Waals surface area contributed by atoms with Crippen molar-refractivity contribution in [2.24, 2.45) is 0 Å². The van der Waals surface area contributed by atoms with Crippen molar-refractivity contribution in [3.05, 3.63) is 71.6 Å². The first-order chi connectivity index (χ1) is 11.6. The van der Waals surface area contributed by atoms with Crippen LogP contribution in [-0.2, 0) is 11.2 Å². The zero-order valence-corrected chi connectivity index (χ0v) is 13.9. The second kappa shape index (κ2) is 7.13. The van der Waals surface area contributed by atoms with Crippen LogP contribution in [0.5, 0.6) is 0 Å². The highest BCUT2D eigenvalue weighted by Gasteiger charge is 2.11. The van der Waals surface area contributed by atoms with Crippen molar-refractivity contribution in [1.82, 2.24) is 5.16 Å². The summed E-state index contributed by atoms with van der Waals surface area (Å²) in [5.74, 6) is 0.773. The van der Waals surface area contributed by atoms with Gasteiger partial charge < -0.3 is 9.84 Å². The van der Waals surface area contributed by atoms with E-state index in [4.69, 9.17) is 4.52 Å². The Morgan fingerprint density at radius 1 is 1.00 bits per heavy atom. The Morgan fingerprint density at radius 3 is 2.29 bits per heavy atom. The van der Waals surface area contributed by atoms with Crippen LogP contribution in [0.25, 0.3) is 11.1 Å². The van der Waals surface area contributed by atoms with Gasteiger partial charge in [0, 0.05) is 17.7 Å². The lowest BCUT2D eigenvalue weighted by atomic mass is 10.1. The van der Waals surface area contributed by atoms with Crippen molar-refractivity contribution < 1.29 is 9.32 Å². The molecule has 0 unspecified atom stereocenters. The molecule has 0 aliphatic rings. The normalized spacial score (nSPS) is 10.6. The molecule has 0 spiro atoms. The maximum atomic E-state index is 12.1. The molecular weight excluding hydrogens is 300 g/mol. The van der Waals surface area contributed by atoms with E-state index < -0.39 is 0 Å². The first-order valence-corrected chi connectivity index (χ1v) is 8.00. The number of hydrogen-bond donors (Lipinski definition) is 1. The average molecular weight is 320 g/mol. The van der Waals surface area contributed by atoms with Crippen molar-refractivity contribution in [2.75, 3.05) is 5.32 Å². The molecule has 0 bridgehead atoms. The number of carbonyl (C=O) groups is 1. The van der Waals surface area contributed by atoms with E-state index in [1.54, 1.807) is 0 Å². The summed E-state index contributed by atoms with van der Waals surface area (Å²) >= 11 is 0. The van der Waals surface area contributed by atoms with Crippen molar-refractivity contribution in [3.8, 4) is 11.1 Å². The predicted molar refractivity (Wildman–Crippen MR) is 94.8 cm³/mol. The fraction of sp³-hybridized carbons (Fsp3) is 0.200. The van der Waals surface area contributed by atoms with E-state index in [1.165, 1.54) is 0 Å². The van der Waals surface area contributed by atoms with E-state index in [1.807, 2.05) is 56.3 Å². The van der Waals surface area contributed by atoms with Crippen LogP contribution in [0.1, 0.15) is 23.4 Å². The van der Waals surface area contributed by atoms with E-state index in [-0.39, 0.29) is 5.91 Å². The van der Waals surface area contributed by atoms with Gasteiger partial charge in [-0.05, 0) is 43.5 Å². The van der Waals surface area contributed by atoms with Crippen LogP contribution in [0.3, 0.4) is 0 Å². The molecule has 0 atom stereocenters. The van der Waals surface area contributed by atoms with Crippen LogP contribution in [0.15, 0.2) is 59.1 Å². The third-order valence-corrected chi connectivity index (χ3v) is 4.06. The monoisotopic (exact) mass is 320 g/mol. The lowest BCUT2D eigenvalue weighted by Crippen LogP contribution is -2.12.